The first-order valence-corrected chi connectivity index (χ1v) is 17.8. The van der Waals surface area contributed by atoms with Crippen molar-refractivity contribution in [3.63, 3.8) is 0 Å². The molecule has 2 amide bonds. The molecule has 5 nitrogen and oxygen atoms in total. The number of hydrogen-bond acceptors (Lipinski definition) is 3. The molecule has 4 aromatic carbocycles. The Morgan fingerprint density at radius 1 is 0.521 bits per heavy atom. The fourth-order valence-corrected chi connectivity index (χ4v) is 6.66. The van der Waals surface area contributed by atoms with E-state index in [9.17, 15) is 9.59 Å². The Morgan fingerprint density at radius 2 is 0.917 bits per heavy atom. The van der Waals surface area contributed by atoms with Gasteiger partial charge in [0.15, 0.2) is 0 Å². The van der Waals surface area contributed by atoms with Crippen LogP contribution in [0.5, 0.6) is 0 Å². The zero-order chi connectivity index (χ0) is 34.5. The Bertz CT molecular complexity index is 1410. The summed E-state index contributed by atoms with van der Waals surface area (Å²) >= 11 is 0. The number of nitrogens with one attached hydrogen (secondary N) is 1. The Kier molecular flexibility index (Phi) is 13.9. The van der Waals surface area contributed by atoms with Crippen LogP contribution in [-0.4, -0.2) is 23.9 Å². The quantitative estimate of drug-likeness (QED) is 0.116. The maximum atomic E-state index is 13.8. The molecular weight excluding hydrogens is 590 g/mol. The highest BCUT2D eigenvalue weighted by molar-refractivity contribution is 5.95. The standard InChI is InChI=1S/C43H55N3O2/c1-32(2)29-34(5)45(40-25-21-37(22-26-40)31-36-15-9-7-10-16-36)42(47)19-13-14-20-43(48)46(35(6)30-33(3)4)41-27-23-39(24-28-41)44-38-17-11-8-12-18-38/h7-12,15-18,21-28,32-35,44H,13-14,19-20,29-31H2,1-6H3. The van der Waals surface area contributed by atoms with Gasteiger partial charge in [0.2, 0.25) is 11.8 Å². The minimum atomic E-state index is 0.0734. The molecule has 0 aromatic heterocycles. The smallest absolute Gasteiger partial charge is 0.227 e. The van der Waals surface area contributed by atoms with Crippen molar-refractivity contribution in [2.24, 2.45) is 11.8 Å². The van der Waals surface area contributed by atoms with Gasteiger partial charge in [-0.15, -0.1) is 0 Å². The summed E-state index contributed by atoms with van der Waals surface area (Å²) in [6.45, 7) is 13.1. The third-order valence-corrected chi connectivity index (χ3v) is 8.75. The van der Waals surface area contributed by atoms with Gasteiger partial charge in [0, 0.05) is 47.7 Å². The van der Waals surface area contributed by atoms with Crippen LogP contribution in [0.1, 0.15) is 91.2 Å². The van der Waals surface area contributed by atoms with Gasteiger partial charge in [0.05, 0.1) is 0 Å². The Morgan fingerprint density at radius 3 is 1.38 bits per heavy atom. The van der Waals surface area contributed by atoms with Gasteiger partial charge in [-0.1, -0.05) is 88.4 Å². The number of rotatable bonds is 17. The molecule has 0 saturated carbocycles. The van der Waals surface area contributed by atoms with E-state index in [-0.39, 0.29) is 23.9 Å². The first kappa shape index (κ1) is 36.5. The molecule has 5 heteroatoms. The van der Waals surface area contributed by atoms with Crippen LogP contribution in [0.3, 0.4) is 0 Å². The molecule has 0 saturated heterocycles. The molecule has 0 bridgehead atoms. The molecule has 0 aliphatic rings. The minimum absolute atomic E-state index is 0.0734. The van der Waals surface area contributed by atoms with Crippen molar-refractivity contribution < 1.29 is 9.59 Å². The highest BCUT2D eigenvalue weighted by Gasteiger charge is 2.25. The van der Waals surface area contributed by atoms with Crippen molar-refractivity contribution in [2.75, 3.05) is 15.1 Å². The molecule has 254 valence electrons. The summed E-state index contributed by atoms with van der Waals surface area (Å²) < 4.78 is 0. The van der Waals surface area contributed by atoms with Gasteiger partial charge in [0.25, 0.3) is 0 Å². The van der Waals surface area contributed by atoms with Crippen LogP contribution in [0.2, 0.25) is 0 Å². The predicted octanol–water partition coefficient (Wildman–Crippen LogP) is 10.8. The van der Waals surface area contributed by atoms with Crippen LogP contribution < -0.4 is 15.1 Å². The van der Waals surface area contributed by atoms with E-state index in [0.29, 0.717) is 37.5 Å². The Hall–Kier alpha value is -4.38. The van der Waals surface area contributed by atoms with Crippen molar-refractivity contribution in [2.45, 2.75) is 98.6 Å². The van der Waals surface area contributed by atoms with E-state index in [2.05, 4.69) is 95.4 Å². The second kappa shape index (κ2) is 18.2. The monoisotopic (exact) mass is 645 g/mol. The number of unbranched alkanes of at least 4 members (excludes halogenated alkanes) is 1. The summed E-state index contributed by atoms with van der Waals surface area (Å²) in [6.07, 6.45) is 4.89. The highest BCUT2D eigenvalue weighted by atomic mass is 16.2. The van der Waals surface area contributed by atoms with Crippen molar-refractivity contribution in [3.05, 3.63) is 120 Å². The molecule has 4 aromatic rings. The number of para-hydroxylation sites is 1. The molecule has 0 radical (unpaired) electrons. The molecule has 48 heavy (non-hydrogen) atoms. The van der Waals surface area contributed by atoms with E-state index < -0.39 is 0 Å². The fourth-order valence-electron chi connectivity index (χ4n) is 6.66. The second-order valence-corrected chi connectivity index (χ2v) is 14.1. The van der Waals surface area contributed by atoms with Gasteiger partial charge in [-0.05, 0) is 117 Å². The molecule has 0 spiro atoms. The van der Waals surface area contributed by atoms with Crippen LogP contribution in [0.15, 0.2) is 109 Å². The maximum Gasteiger partial charge on any atom is 0.227 e. The number of hydrogen-bond donors (Lipinski definition) is 1. The number of carbonyl (C=O) groups excluding carboxylic acids is 2. The maximum absolute atomic E-state index is 13.8. The van der Waals surface area contributed by atoms with E-state index in [1.54, 1.807) is 0 Å². The third kappa shape index (κ3) is 11.1. The molecule has 0 aliphatic heterocycles. The Balaban J connectivity index is 1.38. The largest absolute Gasteiger partial charge is 0.356 e. The van der Waals surface area contributed by atoms with Crippen LogP contribution >= 0.6 is 0 Å². The SMILES string of the molecule is CC(C)CC(C)N(C(=O)CCCCC(=O)N(c1ccc(Nc2ccccc2)cc1)C(C)CC(C)C)c1ccc(Cc2ccccc2)cc1. The van der Waals surface area contributed by atoms with Crippen molar-refractivity contribution in [1.29, 1.82) is 0 Å². The summed E-state index contributed by atoms with van der Waals surface area (Å²) in [5.41, 5.74) is 6.36. The second-order valence-electron chi connectivity index (χ2n) is 14.1. The van der Waals surface area contributed by atoms with E-state index >= 15 is 0 Å². The van der Waals surface area contributed by atoms with E-state index in [0.717, 1.165) is 42.0 Å². The topological polar surface area (TPSA) is 52.7 Å². The highest BCUT2D eigenvalue weighted by Crippen LogP contribution is 2.27. The van der Waals surface area contributed by atoms with Crippen LogP contribution in [-0.2, 0) is 16.0 Å². The molecular formula is C43H55N3O2. The number of carbonyl (C=O) groups is 2. The van der Waals surface area contributed by atoms with Crippen molar-refractivity contribution >= 4 is 34.6 Å². The summed E-state index contributed by atoms with van der Waals surface area (Å²) in [5.74, 6) is 1.18. The molecule has 0 heterocycles. The van der Waals surface area contributed by atoms with Crippen LogP contribution in [0.4, 0.5) is 22.7 Å². The lowest BCUT2D eigenvalue weighted by molar-refractivity contribution is -0.121. The fraction of sp³-hybridized carbons (Fsp3) is 0.395. The first-order valence-electron chi connectivity index (χ1n) is 17.8. The lowest BCUT2D eigenvalue weighted by Crippen LogP contribution is -2.40. The van der Waals surface area contributed by atoms with Crippen molar-refractivity contribution in [1.82, 2.24) is 0 Å². The number of amides is 2. The summed E-state index contributed by atoms with van der Waals surface area (Å²) in [6, 6.07) is 37.3. The normalized spacial score (nSPS) is 12.5. The lowest BCUT2D eigenvalue weighted by Gasteiger charge is -2.31. The number of nitrogens with zero attached hydrogens (tertiary/aromatic N) is 2. The first-order chi connectivity index (χ1) is 23.1. The molecule has 0 aliphatic carbocycles. The number of benzene rings is 4. The molecule has 2 unspecified atom stereocenters. The zero-order valence-corrected chi connectivity index (χ0v) is 29.9. The lowest BCUT2D eigenvalue weighted by atomic mass is 10.0. The molecule has 4 rings (SSSR count). The Labute approximate surface area is 289 Å². The minimum Gasteiger partial charge on any atom is -0.356 e. The summed E-state index contributed by atoms with van der Waals surface area (Å²) in [4.78, 5) is 31.5. The summed E-state index contributed by atoms with van der Waals surface area (Å²) in [5, 5.41) is 3.43. The average molecular weight is 646 g/mol. The van der Waals surface area contributed by atoms with E-state index in [1.165, 1.54) is 11.1 Å². The number of anilines is 4. The van der Waals surface area contributed by atoms with Gasteiger partial charge >= 0.3 is 0 Å². The van der Waals surface area contributed by atoms with E-state index in [1.807, 2.05) is 70.5 Å². The average Bonchev–Trinajstić information content (AvgIpc) is 3.05. The predicted molar refractivity (Wildman–Crippen MR) is 203 cm³/mol. The van der Waals surface area contributed by atoms with Gasteiger partial charge in [0.1, 0.15) is 0 Å². The van der Waals surface area contributed by atoms with Gasteiger partial charge in [-0.2, -0.15) is 0 Å². The zero-order valence-electron chi connectivity index (χ0n) is 29.9. The van der Waals surface area contributed by atoms with Crippen LogP contribution in [0.25, 0.3) is 0 Å². The third-order valence-electron chi connectivity index (χ3n) is 8.75. The summed E-state index contributed by atoms with van der Waals surface area (Å²) in [7, 11) is 0. The molecule has 1 N–H and O–H groups in total. The van der Waals surface area contributed by atoms with Gasteiger partial charge in [-0.25, -0.2) is 0 Å². The van der Waals surface area contributed by atoms with E-state index in [4.69, 9.17) is 0 Å². The van der Waals surface area contributed by atoms with Gasteiger partial charge < -0.3 is 15.1 Å². The van der Waals surface area contributed by atoms with Crippen LogP contribution in [0, 0.1) is 11.8 Å². The molecule has 0 fully saturated rings. The van der Waals surface area contributed by atoms with Crippen molar-refractivity contribution in [3.8, 4) is 0 Å². The molecule has 2 atom stereocenters. The van der Waals surface area contributed by atoms with Gasteiger partial charge in [-0.3, -0.25) is 9.59 Å².